The fourth-order valence-electron chi connectivity index (χ4n) is 2.23. The van der Waals surface area contributed by atoms with Crippen LogP contribution in [0.4, 0.5) is 11.8 Å². The van der Waals surface area contributed by atoms with Crippen LogP contribution in [0.1, 0.15) is 25.3 Å². The topological polar surface area (TPSA) is 94.5 Å². The van der Waals surface area contributed by atoms with Gasteiger partial charge in [-0.2, -0.15) is 9.97 Å². The van der Waals surface area contributed by atoms with Crippen LogP contribution >= 0.6 is 11.6 Å². The predicted molar refractivity (Wildman–Crippen MR) is 91.5 cm³/mol. The highest BCUT2D eigenvalue weighted by molar-refractivity contribution is 6.29. The van der Waals surface area contributed by atoms with Crippen LogP contribution in [0.2, 0.25) is 5.15 Å². The van der Waals surface area contributed by atoms with Gasteiger partial charge in [-0.3, -0.25) is 0 Å². The van der Waals surface area contributed by atoms with E-state index in [1.54, 1.807) is 18.6 Å². The van der Waals surface area contributed by atoms with Crippen molar-refractivity contribution < 1.29 is 0 Å². The predicted octanol–water partition coefficient (Wildman–Crippen LogP) is 2.72. The summed E-state index contributed by atoms with van der Waals surface area (Å²) in [7, 11) is 0. The molecular formula is C15H18ClN7. The molecule has 0 fully saturated rings. The van der Waals surface area contributed by atoms with Gasteiger partial charge < -0.3 is 15.6 Å². The zero-order valence-corrected chi connectivity index (χ0v) is 13.6. The molecule has 0 aliphatic rings. The number of nitrogens with one attached hydrogen (secondary N) is 1. The van der Waals surface area contributed by atoms with Crippen LogP contribution in [0.3, 0.4) is 0 Å². The number of nitrogens with two attached hydrogens (primary N) is 1. The van der Waals surface area contributed by atoms with Crippen LogP contribution in [0.15, 0.2) is 24.7 Å². The van der Waals surface area contributed by atoms with E-state index in [2.05, 4.69) is 32.2 Å². The van der Waals surface area contributed by atoms with Crippen LogP contribution in [0, 0.1) is 0 Å². The summed E-state index contributed by atoms with van der Waals surface area (Å²) in [5.74, 6) is 0.904. The summed E-state index contributed by atoms with van der Waals surface area (Å²) in [6.45, 7) is 3.54. The Hall–Kier alpha value is -2.41. The molecule has 0 spiro atoms. The summed E-state index contributed by atoms with van der Waals surface area (Å²) in [6.07, 6.45) is 5.60. The molecule has 3 aromatic heterocycles. The molecule has 3 rings (SSSR count). The zero-order chi connectivity index (χ0) is 16.2. The standard InChI is InChI=1S/C15H18ClN7/c1-2-3-6-18-15-21-13(17)12-14(22-15)23(9-20-12)8-10-4-5-11(16)19-7-10/h4-5,7,9H,2-3,6,8H2,1H3,(H3,17,18,21,22). The maximum absolute atomic E-state index is 5.99. The minimum Gasteiger partial charge on any atom is -0.382 e. The average molecular weight is 332 g/mol. The zero-order valence-electron chi connectivity index (χ0n) is 12.8. The number of pyridine rings is 1. The number of fused-ring (bicyclic) bond motifs is 1. The highest BCUT2D eigenvalue weighted by Gasteiger charge is 2.11. The van der Waals surface area contributed by atoms with E-state index in [1.165, 1.54) is 0 Å². The monoisotopic (exact) mass is 331 g/mol. The molecule has 0 aliphatic carbocycles. The van der Waals surface area contributed by atoms with E-state index in [1.807, 2.05) is 10.6 Å². The molecule has 3 aromatic rings. The molecule has 0 atom stereocenters. The lowest BCUT2D eigenvalue weighted by atomic mass is 10.3. The van der Waals surface area contributed by atoms with Gasteiger partial charge in [0.1, 0.15) is 10.7 Å². The Morgan fingerprint density at radius 2 is 2.13 bits per heavy atom. The van der Waals surface area contributed by atoms with Gasteiger partial charge in [0.25, 0.3) is 0 Å². The van der Waals surface area contributed by atoms with Crippen molar-refractivity contribution in [2.75, 3.05) is 17.6 Å². The Labute approximate surface area is 138 Å². The summed E-state index contributed by atoms with van der Waals surface area (Å²) in [4.78, 5) is 17.2. The number of anilines is 2. The van der Waals surface area contributed by atoms with Crippen molar-refractivity contribution in [3.05, 3.63) is 35.4 Å². The van der Waals surface area contributed by atoms with E-state index in [0.717, 1.165) is 24.9 Å². The highest BCUT2D eigenvalue weighted by Crippen LogP contribution is 2.19. The lowest BCUT2D eigenvalue weighted by molar-refractivity contribution is 0.805. The smallest absolute Gasteiger partial charge is 0.226 e. The van der Waals surface area contributed by atoms with Crippen molar-refractivity contribution in [3.8, 4) is 0 Å². The summed E-state index contributed by atoms with van der Waals surface area (Å²) >= 11 is 5.81. The molecule has 0 saturated heterocycles. The Bertz CT molecular complexity index is 797. The van der Waals surface area contributed by atoms with E-state index in [0.29, 0.717) is 34.6 Å². The van der Waals surface area contributed by atoms with E-state index in [9.17, 15) is 0 Å². The molecule has 3 N–H and O–H groups in total. The van der Waals surface area contributed by atoms with Crippen LogP contribution < -0.4 is 11.1 Å². The molecule has 0 radical (unpaired) electrons. The molecule has 0 aromatic carbocycles. The fourth-order valence-corrected chi connectivity index (χ4v) is 2.35. The van der Waals surface area contributed by atoms with Crippen LogP contribution in [0.5, 0.6) is 0 Å². The first-order valence-electron chi connectivity index (χ1n) is 7.50. The third-order valence-electron chi connectivity index (χ3n) is 3.45. The lowest BCUT2D eigenvalue weighted by Crippen LogP contribution is -2.08. The molecule has 0 saturated carbocycles. The van der Waals surface area contributed by atoms with Gasteiger partial charge in [0, 0.05) is 12.7 Å². The van der Waals surface area contributed by atoms with Crippen molar-refractivity contribution in [1.29, 1.82) is 0 Å². The van der Waals surface area contributed by atoms with Crippen LogP contribution in [0.25, 0.3) is 11.2 Å². The minimum atomic E-state index is 0.377. The highest BCUT2D eigenvalue weighted by atomic mass is 35.5. The van der Waals surface area contributed by atoms with Crippen molar-refractivity contribution in [1.82, 2.24) is 24.5 Å². The Balaban J connectivity index is 1.89. The van der Waals surface area contributed by atoms with E-state index < -0.39 is 0 Å². The number of imidazole rings is 1. The van der Waals surface area contributed by atoms with Crippen LogP contribution in [-0.4, -0.2) is 31.0 Å². The maximum atomic E-state index is 5.99. The van der Waals surface area contributed by atoms with Gasteiger partial charge in [-0.1, -0.05) is 31.0 Å². The fraction of sp³-hybridized carbons (Fsp3) is 0.333. The lowest BCUT2D eigenvalue weighted by Gasteiger charge is -2.07. The molecule has 120 valence electrons. The Morgan fingerprint density at radius 1 is 1.26 bits per heavy atom. The van der Waals surface area contributed by atoms with E-state index >= 15 is 0 Å². The molecular weight excluding hydrogens is 314 g/mol. The normalized spacial score (nSPS) is 11.0. The van der Waals surface area contributed by atoms with Gasteiger partial charge in [-0.25, -0.2) is 9.97 Å². The van der Waals surface area contributed by atoms with Crippen molar-refractivity contribution in [3.63, 3.8) is 0 Å². The quantitative estimate of drug-likeness (QED) is 0.532. The Morgan fingerprint density at radius 3 is 2.87 bits per heavy atom. The van der Waals surface area contributed by atoms with Gasteiger partial charge in [0.15, 0.2) is 11.5 Å². The van der Waals surface area contributed by atoms with Gasteiger partial charge in [-0.15, -0.1) is 0 Å². The maximum Gasteiger partial charge on any atom is 0.226 e. The first-order chi connectivity index (χ1) is 11.2. The van der Waals surface area contributed by atoms with Gasteiger partial charge in [0.2, 0.25) is 5.95 Å². The van der Waals surface area contributed by atoms with E-state index in [4.69, 9.17) is 17.3 Å². The summed E-state index contributed by atoms with van der Waals surface area (Å²) in [5, 5.41) is 3.66. The summed E-state index contributed by atoms with van der Waals surface area (Å²) in [5.41, 5.74) is 8.30. The number of nitrogen functional groups attached to an aromatic ring is 1. The number of nitrogens with zero attached hydrogens (tertiary/aromatic N) is 5. The molecule has 7 nitrogen and oxygen atoms in total. The summed E-state index contributed by atoms with van der Waals surface area (Å²) < 4.78 is 1.92. The third kappa shape index (κ3) is 3.50. The third-order valence-corrected chi connectivity index (χ3v) is 3.67. The number of hydrogen-bond donors (Lipinski definition) is 2. The largest absolute Gasteiger partial charge is 0.382 e. The number of halogens is 1. The van der Waals surface area contributed by atoms with Crippen molar-refractivity contribution >= 4 is 34.5 Å². The molecule has 8 heteroatoms. The average Bonchev–Trinajstić information content (AvgIpc) is 2.93. The molecule has 0 amide bonds. The number of aromatic nitrogens is 5. The van der Waals surface area contributed by atoms with Crippen molar-refractivity contribution in [2.24, 2.45) is 0 Å². The molecule has 0 aliphatic heterocycles. The second-order valence-corrected chi connectivity index (χ2v) is 5.63. The van der Waals surface area contributed by atoms with Crippen LogP contribution in [-0.2, 0) is 6.54 Å². The number of unbranched alkanes of at least 4 members (excludes halogenated alkanes) is 1. The summed E-state index contributed by atoms with van der Waals surface area (Å²) in [6, 6.07) is 3.68. The second-order valence-electron chi connectivity index (χ2n) is 5.25. The van der Waals surface area contributed by atoms with E-state index in [-0.39, 0.29) is 0 Å². The second kappa shape index (κ2) is 6.78. The number of hydrogen-bond acceptors (Lipinski definition) is 6. The molecule has 3 heterocycles. The SMILES string of the molecule is CCCCNc1nc(N)c2ncn(Cc3ccc(Cl)nc3)c2n1. The first-order valence-corrected chi connectivity index (χ1v) is 7.88. The van der Waals surface area contributed by atoms with Crippen molar-refractivity contribution in [2.45, 2.75) is 26.3 Å². The molecule has 0 unspecified atom stereocenters. The minimum absolute atomic E-state index is 0.377. The van der Waals surface area contributed by atoms with Gasteiger partial charge in [0.05, 0.1) is 12.9 Å². The first kappa shape index (κ1) is 15.5. The van der Waals surface area contributed by atoms with Gasteiger partial charge >= 0.3 is 0 Å². The molecule has 23 heavy (non-hydrogen) atoms. The van der Waals surface area contributed by atoms with Gasteiger partial charge in [-0.05, 0) is 18.1 Å². The Kier molecular flexibility index (Phi) is 4.57. The molecule has 0 bridgehead atoms. The number of rotatable bonds is 6.